The summed E-state index contributed by atoms with van der Waals surface area (Å²) in [6.07, 6.45) is 5.34. The van der Waals surface area contributed by atoms with Gasteiger partial charge >= 0.3 is 0 Å². The molecule has 0 bridgehead atoms. The maximum absolute atomic E-state index is 12.4. The number of nitrogens with zero attached hydrogens (tertiary/aromatic N) is 2. The third kappa shape index (κ3) is 4.49. The summed E-state index contributed by atoms with van der Waals surface area (Å²) in [5.74, 6) is 0.921. The highest BCUT2D eigenvalue weighted by atomic mass is 16.1. The number of carbonyl (C=O) groups excluding carboxylic acids is 1. The summed E-state index contributed by atoms with van der Waals surface area (Å²) in [6, 6.07) is 16.9. The zero-order valence-electron chi connectivity index (χ0n) is 16.9. The van der Waals surface area contributed by atoms with Crippen molar-refractivity contribution >= 4 is 23.0 Å². The van der Waals surface area contributed by atoms with Crippen molar-refractivity contribution in [2.45, 2.75) is 39.0 Å². The largest absolute Gasteiger partial charge is 0.372 e. The number of fused-ring (bicyclic) bond motifs is 1. The van der Waals surface area contributed by atoms with Crippen LogP contribution in [0, 0.1) is 5.92 Å². The van der Waals surface area contributed by atoms with Crippen LogP contribution in [0.25, 0.3) is 0 Å². The topological polar surface area (TPSA) is 35.6 Å². The van der Waals surface area contributed by atoms with Crippen molar-refractivity contribution in [3.8, 4) is 0 Å². The first-order chi connectivity index (χ1) is 13.7. The van der Waals surface area contributed by atoms with E-state index in [1.165, 1.54) is 29.8 Å². The number of carbonyl (C=O) groups is 1. The number of amides is 1. The van der Waals surface area contributed by atoms with Gasteiger partial charge in [-0.05, 0) is 67.5 Å². The van der Waals surface area contributed by atoms with Crippen LogP contribution in [0.15, 0.2) is 48.5 Å². The standard InChI is InChI=1S/C24H31N3O/c1-19-12-16-26(17-13-19)22-10-8-21(9-11-22)25-24(28)14-18-27-15-4-6-20-5-2-3-7-23(20)27/h2-3,5,7-11,19H,4,6,12-18H2,1H3,(H,25,28). The molecule has 2 aromatic carbocycles. The summed E-state index contributed by atoms with van der Waals surface area (Å²) in [5, 5.41) is 3.06. The van der Waals surface area contributed by atoms with Crippen molar-refractivity contribution in [1.29, 1.82) is 0 Å². The smallest absolute Gasteiger partial charge is 0.226 e. The lowest BCUT2D eigenvalue weighted by Gasteiger charge is -2.32. The van der Waals surface area contributed by atoms with Crippen LogP contribution in [0.4, 0.5) is 17.1 Å². The number of benzene rings is 2. The van der Waals surface area contributed by atoms with Crippen molar-refractivity contribution < 1.29 is 4.79 Å². The molecule has 4 heteroatoms. The predicted molar refractivity (Wildman–Crippen MR) is 117 cm³/mol. The van der Waals surface area contributed by atoms with Gasteiger partial charge in [-0.1, -0.05) is 25.1 Å². The highest BCUT2D eigenvalue weighted by Gasteiger charge is 2.18. The molecular weight excluding hydrogens is 346 g/mol. The number of nitrogens with one attached hydrogen (secondary N) is 1. The minimum atomic E-state index is 0.0857. The molecule has 2 aromatic rings. The van der Waals surface area contributed by atoms with Gasteiger partial charge in [-0.2, -0.15) is 0 Å². The van der Waals surface area contributed by atoms with Gasteiger partial charge < -0.3 is 15.1 Å². The van der Waals surface area contributed by atoms with Crippen molar-refractivity contribution in [1.82, 2.24) is 0 Å². The highest BCUT2D eigenvalue weighted by Crippen LogP contribution is 2.27. The van der Waals surface area contributed by atoms with Gasteiger partial charge in [0.05, 0.1) is 0 Å². The van der Waals surface area contributed by atoms with Crippen LogP contribution >= 0.6 is 0 Å². The lowest BCUT2D eigenvalue weighted by atomic mass is 9.99. The molecule has 148 valence electrons. The van der Waals surface area contributed by atoms with Gasteiger partial charge in [0.2, 0.25) is 5.91 Å². The minimum absolute atomic E-state index is 0.0857. The number of rotatable bonds is 5. The monoisotopic (exact) mass is 377 g/mol. The molecule has 2 aliphatic heterocycles. The normalized spacial score (nSPS) is 17.3. The van der Waals surface area contributed by atoms with E-state index in [-0.39, 0.29) is 5.91 Å². The van der Waals surface area contributed by atoms with Gasteiger partial charge in [-0.25, -0.2) is 0 Å². The lowest BCUT2D eigenvalue weighted by Crippen LogP contribution is -2.32. The summed E-state index contributed by atoms with van der Waals surface area (Å²) in [6.45, 7) is 6.40. The molecule has 1 saturated heterocycles. The second-order valence-electron chi connectivity index (χ2n) is 8.23. The van der Waals surface area contributed by atoms with E-state index in [2.05, 4.69) is 58.4 Å². The second-order valence-corrected chi connectivity index (χ2v) is 8.23. The van der Waals surface area contributed by atoms with Crippen molar-refractivity contribution in [3.63, 3.8) is 0 Å². The minimum Gasteiger partial charge on any atom is -0.372 e. The van der Waals surface area contributed by atoms with Crippen molar-refractivity contribution in [3.05, 3.63) is 54.1 Å². The SMILES string of the molecule is CC1CCN(c2ccc(NC(=O)CCN3CCCc4ccccc43)cc2)CC1. The fraction of sp³-hybridized carbons (Fsp3) is 0.458. The Hall–Kier alpha value is -2.49. The first-order valence-electron chi connectivity index (χ1n) is 10.7. The molecule has 0 radical (unpaired) electrons. The number of hydrogen-bond donors (Lipinski definition) is 1. The summed E-state index contributed by atoms with van der Waals surface area (Å²) in [4.78, 5) is 17.2. The molecule has 0 atom stereocenters. The molecule has 0 aromatic heterocycles. The number of para-hydroxylation sites is 1. The molecule has 4 rings (SSSR count). The van der Waals surface area contributed by atoms with E-state index < -0.39 is 0 Å². The zero-order valence-corrected chi connectivity index (χ0v) is 16.9. The fourth-order valence-corrected chi connectivity index (χ4v) is 4.33. The lowest BCUT2D eigenvalue weighted by molar-refractivity contribution is -0.116. The summed E-state index contributed by atoms with van der Waals surface area (Å²) in [5.41, 5.74) is 4.84. The Kier molecular flexibility index (Phi) is 5.84. The molecule has 0 unspecified atom stereocenters. The van der Waals surface area contributed by atoms with Gasteiger partial charge in [-0.15, -0.1) is 0 Å². The molecule has 1 fully saturated rings. The van der Waals surface area contributed by atoms with Crippen LogP contribution < -0.4 is 15.1 Å². The predicted octanol–water partition coefficient (Wildman–Crippen LogP) is 4.70. The summed E-state index contributed by atoms with van der Waals surface area (Å²) >= 11 is 0. The zero-order chi connectivity index (χ0) is 19.3. The Morgan fingerprint density at radius 3 is 2.57 bits per heavy atom. The van der Waals surface area contributed by atoms with Crippen LogP contribution in [-0.2, 0) is 11.2 Å². The summed E-state index contributed by atoms with van der Waals surface area (Å²) in [7, 11) is 0. The van der Waals surface area contributed by atoms with E-state index in [4.69, 9.17) is 0 Å². The Bertz CT molecular complexity index is 794. The maximum Gasteiger partial charge on any atom is 0.226 e. The molecule has 0 saturated carbocycles. The first kappa shape index (κ1) is 18.9. The number of hydrogen-bond acceptors (Lipinski definition) is 3. The molecule has 0 spiro atoms. The van der Waals surface area contributed by atoms with Gasteiger partial charge in [0.25, 0.3) is 0 Å². The van der Waals surface area contributed by atoms with Crippen LogP contribution in [0.3, 0.4) is 0 Å². The van der Waals surface area contributed by atoms with Gasteiger partial charge in [0.1, 0.15) is 0 Å². The van der Waals surface area contributed by atoms with Gasteiger partial charge in [-0.3, -0.25) is 4.79 Å². The van der Waals surface area contributed by atoms with E-state index in [9.17, 15) is 4.79 Å². The van der Waals surface area contributed by atoms with E-state index in [0.717, 1.165) is 50.6 Å². The van der Waals surface area contributed by atoms with E-state index in [1.54, 1.807) is 0 Å². The van der Waals surface area contributed by atoms with Gasteiger partial charge in [0, 0.05) is 49.7 Å². The van der Waals surface area contributed by atoms with Crippen LogP contribution in [0.5, 0.6) is 0 Å². The second kappa shape index (κ2) is 8.68. The van der Waals surface area contributed by atoms with E-state index >= 15 is 0 Å². The highest BCUT2D eigenvalue weighted by molar-refractivity contribution is 5.91. The van der Waals surface area contributed by atoms with Crippen LogP contribution in [0.2, 0.25) is 0 Å². The molecule has 1 N–H and O–H groups in total. The fourth-order valence-electron chi connectivity index (χ4n) is 4.33. The van der Waals surface area contributed by atoms with Crippen LogP contribution in [-0.4, -0.2) is 32.1 Å². The molecule has 28 heavy (non-hydrogen) atoms. The van der Waals surface area contributed by atoms with E-state index in [1.807, 2.05) is 12.1 Å². The first-order valence-corrected chi connectivity index (χ1v) is 10.7. The molecule has 2 heterocycles. The quantitative estimate of drug-likeness (QED) is 0.820. The van der Waals surface area contributed by atoms with E-state index in [0.29, 0.717) is 6.42 Å². The van der Waals surface area contributed by atoms with Crippen molar-refractivity contribution in [2.24, 2.45) is 5.92 Å². The van der Waals surface area contributed by atoms with Gasteiger partial charge in [0.15, 0.2) is 0 Å². The Morgan fingerprint density at radius 1 is 1.04 bits per heavy atom. The Labute approximate surface area is 168 Å². The van der Waals surface area contributed by atoms with Crippen LogP contribution in [0.1, 0.15) is 38.2 Å². The third-order valence-corrected chi connectivity index (χ3v) is 6.12. The molecule has 1 amide bonds. The maximum atomic E-state index is 12.4. The molecule has 0 aliphatic carbocycles. The Morgan fingerprint density at radius 2 is 1.79 bits per heavy atom. The average molecular weight is 378 g/mol. The average Bonchev–Trinajstić information content (AvgIpc) is 2.73. The number of anilines is 3. The number of aryl methyl sites for hydroxylation is 1. The Balaban J connectivity index is 1.29. The third-order valence-electron chi connectivity index (χ3n) is 6.12. The number of piperidine rings is 1. The van der Waals surface area contributed by atoms with Crippen molar-refractivity contribution in [2.75, 3.05) is 41.3 Å². The summed E-state index contributed by atoms with van der Waals surface area (Å²) < 4.78 is 0. The molecular formula is C24H31N3O. The molecule has 4 nitrogen and oxygen atoms in total. The molecule has 2 aliphatic rings.